The summed E-state index contributed by atoms with van der Waals surface area (Å²) >= 11 is 6.01. The highest BCUT2D eigenvalue weighted by atomic mass is 35.5. The standard InChI is InChI=1S/C21H15ClN4/c22-19-13-11-18(12-14-19)21-25-24-20(17-9-5-2-6-10-17)26(21)23-15-16-7-3-1-4-8-16/h1-15H/b23-15+. The van der Waals surface area contributed by atoms with Crippen molar-refractivity contribution in [3.05, 3.63) is 95.5 Å². The number of halogens is 1. The first kappa shape index (κ1) is 16.2. The van der Waals surface area contributed by atoms with Crippen molar-refractivity contribution in [3.8, 4) is 22.8 Å². The van der Waals surface area contributed by atoms with Crippen LogP contribution < -0.4 is 0 Å². The van der Waals surface area contributed by atoms with E-state index in [1.54, 1.807) is 10.9 Å². The molecule has 26 heavy (non-hydrogen) atoms. The average Bonchev–Trinajstić information content (AvgIpc) is 3.12. The van der Waals surface area contributed by atoms with Crippen molar-refractivity contribution in [2.75, 3.05) is 0 Å². The van der Waals surface area contributed by atoms with E-state index in [9.17, 15) is 0 Å². The molecular weight excluding hydrogens is 344 g/mol. The maximum absolute atomic E-state index is 6.01. The number of hydrogen-bond acceptors (Lipinski definition) is 3. The predicted octanol–water partition coefficient (Wildman–Crippen LogP) is 5.15. The lowest BCUT2D eigenvalue weighted by molar-refractivity contribution is 0.898. The summed E-state index contributed by atoms with van der Waals surface area (Å²) in [5.74, 6) is 1.34. The minimum atomic E-state index is 0.660. The molecule has 5 heteroatoms. The Hall–Kier alpha value is -3.24. The number of aromatic nitrogens is 3. The van der Waals surface area contributed by atoms with Crippen LogP contribution in [0.5, 0.6) is 0 Å². The molecule has 0 atom stereocenters. The van der Waals surface area contributed by atoms with Crippen molar-refractivity contribution < 1.29 is 0 Å². The lowest BCUT2D eigenvalue weighted by Crippen LogP contribution is -1.97. The number of rotatable bonds is 4. The molecule has 0 aliphatic rings. The molecule has 4 aromatic rings. The van der Waals surface area contributed by atoms with Crippen LogP contribution in [0.25, 0.3) is 22.8 Å². The second-order valence-electron chi connectivity index (χ2n) is 5.69. The van der Waals surface area contributed by atoms with Crippen LogP contribution in [0.15, 0.2) is 90.0 Å². The van der Waals surface area contributed by atoms with Crippen LogP contribution in [0.4, 0.5) is 0 Å². The SMILES string of the molecule is Clc1ccc(-c2nnc(-c3ccccc3)n2/N=C/c2ccccc2)cc1. The molecule has 1 aromatic heterocycles. The van der Waals surface area contributed by atoms with E-state index in [0.29, 0.717) is 16.7 Å². The molecule has 0 fully saturated rings. The quantitative estimate of drug-likeness (QED) is 0.473. The number of nitrogens with zero attached hydrogens (tertiary/aromatic N) is 4. The van der Waals surface area contributed by atoms with Crippen LogP contribution in [0.2, 0.25) is 5.02 Å². The van der Waals surface area contributed by atoms with Gasteiger partial charge in [-0.25, -0.2) is 0 Å². The van der Waals surface area contributed by atoms with Gasteiger partial charge in [0.25, 0.3) is 0 Å². The molecule has 4 nitrogen and oxygen atoms in total. The fraction of sp³-hybridized carbons (Fsp3) is 0. The Kier molecular flexibility index (Phi) is 4.58. The maximum atomic E-state index is 6.01. The van der Waals surface area contributed by atoms with Crippen LogP contribution >= 0.6 is 11.6 Å². The smallest absolute Gasteiger partial charge is 0.185 e. The summed E-state index contributed by atoms with van der Waals surface area (Å²) < 4.78 is 1.76. The molecule has 0 saturated heterocycles. The molecule has 0 amide bonds. The zero-order valence-corrected chi connectivity index (χ0v) is 14.6. The van der Waals surface area contributed by atoms with Gasteiger partial charge >= 0.3 is 0 Å². The third kappa shape index (κ3) is 3.41. The normalized spacial score (nSPS) is 11.1. The molecule has 0 bridgehead atoms. The second kappa shape index (κ2) is 7.33. The fourth-order valence-corrected chi connectivity index (χ4v) is 2.72. The van der Waals surface area contributed by atoms with Crippen molar-refractivity contribution >= 4 is 17.8 Å². The van der Waals surface area contributed by atoms with Crippen molar-refractivity contribution in [1.82, 2.24) is 14.9 Å². The van der Waals surface area contributed by atoms with Gasteiger partial charge in [0.1, 0.15) is 0 Å². The number of benzene rings is 3. The molecule has 4 rings (SSSR count). The summed E-state index contributed by atoms with van der Waals surface area (Å²) in [6.07, 6.45) is 1.80. The van der Waals surface area contributed by atoms with E-state index in [-0.39, 0.29) is 0 Å². The van der Waals surface area contributed by atoms with Crippen LogP contribution in [-0.4, -0.2) is 21.1 Å². The molecule has 0 saturated carbocycles. The Morgan fingerprint density at radius 1 is 0.692 bits per heavy atom. The van der Waals surface area contributed by atoms with Crippen molar-refractivity contribution in [2.45, 2.75) is 0 Å². The monoisotopic (exact) mass is 358 g/mol. The summed E-state index contributed by atoms with van der Waals surface area (Å²) in [7, 11) is 0. The largest absolute Gasteiger partial charge is 0.192 e. The van der Waals surface area contributed by atoms with Gasteiger partial charge in [-0.3, -0.25) is 0 Å². The summed E-state index contributed by atoms with van der Waals surface area (Å²) in [6, 6.07) is 27.3. The maximum Gasteiger partial charge on any atom is 0.185 e. The lowest BCUT2D eigenvalue weighted by Gasteiger charge is -2.05. The van der Waals surface area contributed by atoms with E-state index >= 15 is 0 Å². The second-order valence-corrected chi connectivity index (χ2v) is 6.12. The Bertz CT molecular complexity index is 1020. The van der Waals surface area contributed by atoms with E-state index in [0.717, 1.165) is 16.7 Å². The van der Waals surface area contributed by atoms with Crippen LogP contribution in [0.1, 0.15) is 5.56 Å². The Labute approximate surface area is 156 Å². The first-order valence-corrected chi connectivity index (χ1v) is 8.55. The zero-order chi connectivity index (χ0) is 17.8. The third-order valence-corrected chi connectivity index (χ3v) is 4.15. The molecule has 0 aliphatic carbocycles. The molecule has 0 N–H and O–H groups in total. The third-order valence-electron chi connectivity index (χ3n) is 3.90. The van der Waals surface area contributed by atoms with Gasteiger partial charge < -0.3 is 0 Å². The molecule has 3 aromatic carbocycles. The highest BCUT2D eigenvalue weighted by Crippen LogP contribution is 2.25. The topological polar surface area (TPSA) is 43.1 Å². The summed E-state index contributed by atoms with van der Waals surface area (Å²) in [6.45, 7) is 0. The Morgan fingerprint density at radius 2 is 1.23 bits per heavy atom. The van der Waals surface area contributed by atoms with E-state index in [1.807, 2.05) is 84.9 Å². The molecule has 0 radical (unpaired) electrons. The predicted molar refractivity (Wildman–Crippen MR) is 105 cm³/mol. The van der Waals surface area contributed by atoms with Gasteiger partial charge in [0.05, 0.1) is 6.21 Å². The van der Waals surface area contributed by atoms with Gasteiger partial charge in [0, 0.05) is 16.1 Å². The minimum absolute atomic E-state index is 0.660. The van der Waals surface area contributed by atoms with Gasteiger partial charge in [-0.05, 0) is 29.8 Å². The highest BCUT2D eigenvalue weighted by Gasteiger charge is 2.14. The molecule has 126 valence electrons. The number of hydrogen-bond donors (Lipinski definition) is 0. The van der Waals surface area contributed by atoms with Crippen LogP contribution in [-0.2, 0) is 0 Å². The molecular formula is C21H15ClN4. The van der Waals surface area contributed by atoms with Crippen molar-refractivity contribution in [2.24, 2.45) is 5.10 Å². The van der Waals surface area contributed by atoms with Crippen LogP contribution in [0, 0.1) is 0 Å². The van der Waals surface area contributed by atoms with E-state index < -0.39 is 0 Å². The van der Waals surface area contributed by atoms with Gasteiger partial charge in [0.2, 0.25) is 0 Å². The molecule has 0 unspecified atom stereocenters. The van der Waals surface area contributed by atoms with Gasteiger partial charge in [0.15, 0.2) is 11.6 Å². The molecule has 0 spiro atoms. The first-order chi connectivity index (χ1) is 12.8. The fourth-order valence-electron chi connectivity index (χ4n) is 2.60. The molecule has 1 heterocycles. The Balaban J connectivity index is 1.83. The van der Waals surface area contributed by atoms with Gasteiger partial charge in [-0.1, -0.05) is 72.3 Å². The van der Waals surface area contributed by atoms with E-state index in [2.05, 4.69) is 15.3 Å². The summed E-state index contributed by atoms with van der Waals surface area (Å²) in [4.78, 5) is 0. The minimum Gasteiger partial charge on any atom is -0.192 e. The highest BCUT2D eigenvalue weighted by molar-refractivity contribution is 6.30. The van der Waals surface area contributed by atoms with Crippen molar-refractivity contribution in [1.29, 1.82) is 0 Å². The van der Waals surface area contributed by atoms with Crippen molar-refractivity contribution in [3.63, 3.8) is 0 Å². The Morgan fingerprint density at radius 3 is 1.85 bits per heavy atom. The van der Waals surface area contributed by atoms with Gasteiger partial charge in [-0.2, -0.15) is 9.78 Å². The summed E-state index contributed by atoms with van der Waals surface area (Å²) in [5.41, 5.74) is 2.85. The molecule has 0 aliphatic heterocycles. The van der Waals surface area contributed by atoms with Crippen LogP contribution in [0.3, 0.4) is 0 Å². The average molecular weight is 359 g/mol. The summed E-state index contributed by atoms with van der Waals surface area (Å²) in [5, 5.41) is 14.0. The van der Waals surface area contributed by atoms with Gasteiger partial charge in [-0.15, -0.1) is 10.2 Å². The van der Waals surface area contributed by atoms with E-state index in [1.165, 1.54) is 0 Å². The zero-order valence-electron chi connectivity index (χ0n) is 13.8. The van der Waals surface area contributed by atoms with E-state index in [4.69, 9.17) is 11.6 Å². The lowest BCUT2D eigenvalue weighted by atomic mass is 10.2. The first-order valence-electron chi connectivity index (χ1n) is 8.17.